The molecular formula is C16H23N. The topological polar surface area (TPSA) is 12.0 Å². The van der Waals surface area contributed by atoms with Gasteiger partial charge in [-0.25, -0.2) is 0 Å². The van der Waals surface area contributed by atoms with Crippen LogP contribution in [0, 0.1) is 0 Å². The van der Waals surface area contributed by atoms with Crippen LogP contribution >= 0.6 is 0 Å². The molecular weight excluding hydrogens is 206 g/mol. The van der Waals surface area contributed by atoms with Crippen LogP contribution in [-0.2, 0) is 0 Å². The molecule has 2 aliphatic carbocycles. The van der Waals surface area contributed by atoms with Crippen LogP contribution in [0.1, 0.15) is 51.9 Å². The summed E-state index contributed by atoms with van der Waals surface area (Å²) < 4.78 is 0. The Hall–Kier alpha value is -0.820. The Morgan fingerprint density at radius 1 is 1.29 bits per heavy atom. The van der Waals surface area contributed by atoms with E-state index in [4.69, 9.17) is 0 Å². The molecule has 92 valence electrons. The summed E-state index contributed by atoms with van der Waals surface area (Å²) in [5.41, 5.74) is 5.06. The van der Waals surface area contributed by atoms with Crippen molar-refractivity contribution in [1.29, 1.82) is 0 Å². The number of nitrogens with one attached hydrogen (secondary N) is 1. The van der Waals surface area contributed by atoms with E-state index in [1.807, 2.05) is 0 Å². The number of fused-ring (bicyclic) bond motifs is 2. The highest BCUT2D eigenvalue weighted by molar-refractivity contribution is 5.48. The highest BCUT2D eigenvalue weighted by atomic mass is 15.0. The quantitative estimate of drug-likeness (QED) is 0.757. The molecule has 0 aromatic rings. The van der Waals surface area contributed by atoms with Crippen LogP contribution < -0.4 is 5.32 Å². The van der Waals surface area contributed by atoms with E-state index < -0.39 is 0 Å². The van der Waals surface area contributed by atoms with Gasteiger partial charge in [-0.2, -0.15) is 0 Å². The fourth-order valence-electron chi connectivity index (χ4n) is 3.64. The van der Waals surface area contributed by atoms with Gasteiger partial charge in [0.1, 0.15) is 0 Å². The van der Waals surface area contributed by atoms with Crippen LogP contribution in [0.4, 0.5) is 0 Å². The SMILES string of the molecule is CCCC1=C2CCCCC2NC2CC=CC=C12. The fraction of sp³-hybridized carbons (Fsp3) is 0.625. The summed E-state index contributed by atoms with van der Waals surface area (Å²) in [4.78, 5) is 0. The van der Waals surface area contributed by atoms with Crippen molar-refractivity contribution in [2.45, 2.75) is 64.0 Å². The molecule has 0 saturated heterocycles. The molecule has 3 rings (SSSR count). The summed E-state index contributed by atoms with van der Waals surface area (Å²) in [6.07, 6.45) is 16.1. The van der Waals surface area contributed by atoms with Crippen molar-refractivity contribution >= 4 is 0 Å². The molecule has 17 heavy (non-hydrogen) atoms. The van der Waals surface area contributed by atoms with E-state index in [0.717, 1.165) is 0 Å². The summed E-state index contributed by atoms with van der Waals surface area (Å²) in [5.74, 6) is 0. The van der Waals surface area contributed by atoms with Gasteiger partial charge in [0.05, 0.1) is 0 Å². The third-order valence-electron chi connectivity index (χ3n) is 4.41. The Labute approximate surface area is 105 Å². The lowest BCUT2D eigenvalue weighted by molar-refractivity contribution is 0.397. The van der Waals surface area contributed by atoms with E-state index in [1.165, 1.54) is 44.9 Å². The van der Waals surface area contributed by atoms with Gasteiger partial charge in [-0.1, -0.05) is 38.0 Å². The lowest BCUT2D eigenvalue weighted by atomic mass is 9.76. The Bertz CT molecular complexity index is 386. The van der Waals surface area contributed by atoms with E-state index >= 15 is 0 Å². The molecule has 1 N–H and O–H groups in total. The lowest BCUT2D eigenvalue weighted by Crippen LogP contribution is -2.46. The van der Waals surface area contributed by atoms with Crippen molar-refractivity contribution in [3.05, 3.63) is 34.9 Å². The van der Waals surface area contributed by atoms with Crippen LogP contribution in [-0.4, -0.2) is 12.1 Å². The van der Waals surface area contributed by atoms with Crippen molar-refractivity contribution in [3.63, 3.8) is 0 Å². The largest absolute Gasteiger partial charge is 0.303 e. The van der Waals surface area contributed by atoms with Gasteiger partial charge in [0, 0.05) is 12.1 Å². The van der Waals surface area contributed by atoms with Gasteiger partial charge in [-0.3, -0.25) is 0 Å². The summed E-state index contributed by atoms with van der Waals surface area (Å²) in [6, 6.07) is 1.30. The van der Waals surface area contributed by atoms with Gasteiger partial charge < -0.3 is 5.32 Å². The Morgan fingerprint density at radius 3 is 3.12 bits per heavy atom. The maximum absolute atomic E-state index is 3.87. The summed E-state index contributed by atoms with van der Waals surface area (Å²) in [6.45, 7) is 2.31. The zero-order valence-electron chi connectivity index (χ0n) is 10.8. The fourth-order valence-corrected chi connectivity index (χ4v) is 3.64. The molecule has 2 unspecified atom stereocenters. The first-order valence-corrected chi connectivity index (χ1v) is 7.25. The Morgan fingerprint density at radius 2 is 2.24 bits per heavy atom. The maximum Gasteiger partial charge on any atom is 0.0363 e. The molecule has 0 aromatic heterocycles. The van der Waals surface area contributed by atoms with Gasteiger partial charge in [-0.15, -0.1) is 0 Å². The van der Waals surface area contributed by atoms with Crippen LogP contribution in [0.15, 0.2) is 34.9 Å². The molecule has 0 bridgehead atoms. The number of allylic oxidation sites excluding steroid dienone is 2. The van der Waals surface area contributed by atoms with Crippen LogP contribution in [0.25, 0.3) is 0 Å². The minimum absolute atomic E-state index is 0.605. The number of hydrogen-bond donors (Lipinski definition) is 1. The minimum atomic E-state index is 0.605. The van der Waals surface area contributed by atoms with Crippen molar-refractivity contribution < 1.29 is 0 Å². The Kier molecular flexibility index (Phi) is 3.19. The molecule has 0 aromatic carbocycles. The molecule has 1 saturated carbocycles. The molecule has 1 aliphatic heterocycles. The van der Waals surface area contributed by atoms with Crippen molar-refractivity contribution in [1.82, 2.24) is 5.32 Å². The molecule has 2 atom stereocenters. The zero-order chi connectivity index (χ0) is 11.7. The second-order valence-electron chi connectivity index (χ2n) is 5.56. The third-order valence-corrected chi connectivity index (χ3v) is 4.41. The Balaban J connectivity index is 2.00. The monoisotopic (exact) mass is 229 g/mol. The van der Waals surface area contributed by atoms with E-state index in [9.17, 15) is 0 Å². The molecule has 1 fully saturated rings. The predicted molar refractivity (Wildman–Crippen MR) is 73.0 cm³/mol. The summed E-state index contributed by atoms with van der Waals surface area (Å²) in [7, 11) is 0. The van der Waals surface area contributed by atoms with Crippen molar-refractivity contribution in [2.75, 3.05) is 0 Å². The van der Waals surface area contributed by atoms with E-state index in [1.54, 1.807) is 16.7 Å². The predicted octanol–water partition coefficient (Wildman–Crippen LogP) is 3.88. The van der Waals surface area contributed by atoms with Crippen LogP contribution in [0.3, 0.4) is 0 Å². The number of rotatable bonds is 2. The van der Waals surface area contributed by atoms with E-state index in [-0.39, 0.29) is 0 Å². The van der Waals surface area contributed by atoms with Gasteiger partial charge in [0.25, 0.3) is 0 Å². The smallest absolute Gasteiger partial charge is 0.0363 e. The first-order chi connectivity index (χ1) is 8.40. The first-order valence-electron chi connectivity index (χ1n) is 7.25. The van der Waals surface area contributed by atoms with Crippen molar-refractivity contribution in [3.8, 4) is 0 Å². The van der Waals surface area contributed by atoms with Crippen molar-refractivity contribution in [2.24, 2.45) is 0 Å². The maximum atomic E-state index is 3.87. The third kappa shape index (κ3) is 2.01. The first kappa shape index (κ1) is 11.3. The van der Waals surface area contributed by atoms with Crippen LogP contribution in [0.5, 0.6) is 0 Å². The van der Waals surface area contributed by atoms with Gasteiger partial charge in [-0.05, 0) is 48.8 Å². The normalized spacial score (nSPS) is 31.9. The van der Waals surface area contributed by atoms with Gasteiger partial charge >= 0.3 is 0 Å². The number of hydrogen-bond acceptors (Lipinski definition) is 1. The average Bonchev–Trinajstić information content (AvgIpc) is 2.39. The lowest BCUT2D eigenvalue weighted by Gasteiger charge is -2.40. The standard InChI is InChI=1S/C16H23N/c1-2-7-12-13-8-3-5-10-15(13)17-16-11-6-4-9-14(12)16/h3,5,8,15-17H,2,4,6-7,9-11H2,1H3. The molecule has 0 amide bonds. The second kappa shape index (κ2) is 4.81. The minimum Gasteiger partial charge on any atom is -0.303 e. The molecule has 1 heterocycles. The summed E-state index contributed by atoms with van der Waals surface area (Å²) >= 11 is 0. The highest BCUT2D eigenvalue weighted by Crippen LogP contribution is 2.38. The van der Waals surface area contributed by atoms with Gasteiger partial charge in [0.2, 0.25) is 0 Å². The highest BCUT2D eigenvalue weighted by Gasteiger charge is 2.32. The molecule has 1 heteroatoms. The van der Waals surface area contributed by atoms with E-state index in [0.29, 0.717) is 12.1 Å². The van der Waals surface area contributed by atoms with Gasteiger partial charge in [0.15, 0.2) is 0 Å². The second-order valence-corrected chi connectivity index (χ2v) is 5.56. The molecule has 0 radical (unpaired) electrons. The molecule has 1 nitrogen and oxygen atoms in total. The average molecular weight is 229 g/mol. The summed E-state index contributed by atoms with van der Waals surface area (Å²) in [5, 5.41) is 3.87. The molecule has 0 spiro atoms. The van der Waals surface area contributed by atoms with E-state index in [2.05, 4.69) is 30.5 Å². The van der Waals surface area contributed by atoms with Crippen LogP contribution in [0.2, 0.25) is 0 Å². The zero-order valence-corrected chi connectivity index (χ0v) is 10.8. The molecule has 3 aliphatic rings.